The van der Waals surface area contributed by atoms with E-state index in [0.29, 0.717) is 18.5 Å². The molecule has 0 radical (unpaired) electrons. The fourth-order valence-electron chi connectivity index (χ4n) is 0.672. The molecule has 0 amide bonds. The predicted molar refractivity (Wildman–Crippen MR) is 49.1 cm³/mol. The molecule has 0 aliphatic rings. The molecule has 0 atom stereocenters. The molecule has 0 saturated carbocycles. The summed E-state index contributed by atoms with van der Waals surface area (Å²) in [6.45, 7) is 7.82. The van der Waals surface area contributed by atoms with Crippen molar-refractivity contribution in [3.63, 3.8) is 0 Å². The summed E-state index contributed by atoms with van der Waals surface area (Å²) < 4.78 is 21.7. The molecule has 5 heteroatoms. The molecule has 0 fully saturated rings. The molecule has 0 aromatic heterocycles. The first kappa shape index (κ1) is 11.8. The summed E-state index contributed by atoms with van der Waals surface area (Å²) in [5.41, 5.74) is 5.29. The fraction of sp³-hybridized carbons (Fsp3) is 0.714. The second-order valence-corrected chi connectivity index (χ2v) is 4.25. The van der Waals surface area contributed by atoms with Crippen molar-refractivity contribution in [1.29, 1.82) is 0 Å². The van der Waals surface area contributed by atoms with Crippen LogP contribution in [0.25, 0.3) is 0 Å². The molecule has 0 aromatic carbocycles. The maximum Gasteiger partial charge on any atom is 0.358 e. The first-order valence-corrected chi connectivity index (χ1v) is 5.42. The summed E-state index contributed by atoms with van der Waals surface area (Å²) in [7, 11) is -3.13. The topological polar surface area (TPSA) is 61.6 Å². The van der Waals surface area contributed by atoms with E-state index in [-0.39, 0.29) is 6.54 Å². The lowest BCUT2D eigenvalue weighted by Gasteiger charge is -2.17. The smallest absolute Gasteiger partial charge is 0.326 e. The van der Waals surface area contributed by atoms with Crippen molar-refractivity contribution in [3.8, 4) is 0 Å². The van der Waals surface area contributed by atoms with Gasteiger partial charge in [0.25, 0.3) is 0 Å². The lowest BCUT2D eigenvalue weighted by molar-refractivity contribution is 0.226. The van der Waals surface area contributed by atoms with Gasteiger partial charge in [0.2, 0.25) is 0 Å². The quantitative estimate of drug-likeness (QED) is 0.652. The normalized spacial score (nSPS) is 11.6. The second-order valence-electron chi connectivity index (χ2n) is 2.10. The monoisotopic (exact) mass is 193 g/mol. The first-order chi connectivity index (χ1) is 5.60. The second kappa shape index (κ2) is 5.49. The van der Waals surface area contributed by atoms with Crippen LogP contribution in [0.2, 0.25) is 0 Å². The van der Waals surface area contributed by atoms with Gasteiger partial charge in [0.1, 0.15) is 0 Å². The minimum absolute atomic E-state index is 0.122. The Morgan fingerprint density at radius 1 is 1.42 bits per heavy atom. The van der Waals surface area contributed by atoms with Crippen LogP contribution in [0.3, 0.4) is 0 Å². The Bertz CT molecular complexity index is 183. The minimum Gasteiger partial charge on any atom is -0.326 e. The average molecular weight is 193 g/mol. The molecule has 0 aliphatic heterocycles. The maximum atomic E-state index is 11.7. The van der Waals surface area contributed by atoms with Gasteiger partial charge in [0.05, 0.1) is 13.2 Å². The molecular weight excluding hydrogens is 177 g/mol. The van der Waals surface area contributed by atoms with Crippen LogP contribution in [-0.4, -0.2) is 19.8 Å². The Balaban J connectivity index is 4.38. The van der Waals surface area contributed by atoms with Gasteiger partial charge in [0, 0.05) is 11.9 Å². The first-order valence-electron chi connectivity index (χ1n) is 3.88. The molecule has 0 bridgehead atoms. The third-order valence-corrected chi connectivity index (χ3v) is 3.37. The van der Waals surface area contributed by atoms with Gasteiger partial charge >= 0.3 is 7.60 Å². The molecule has 0 saturated heterocycles. The fourth-order valence-corrected chi connectivity index (χ4v) is 2.01. The molecule has 0 heterocycles. The van der Waals surface area contributed by atoms with Crippen molar-refractivity contribution in [2.45, 2.75) is 13.8 Å². The lowest BCUT2D eigenvalue weighted by Crippen LogP contribution is -2.06. The zero-order valence-electron chi connectivity index (χ0n) is 7.58. The van der Waals surface area contributed by atoms with E-state index < -0.39 is 7.60 Å². The highest BCUT2D eigenvalue weighted by Crippen LogP contribution is 2.54. The van der Waals surface area contributed by atoms with Gasteiger partial charge in [-0.15, -0.1) is 0 Å². The van der Waals surface area contributed by atoms with E-state index in [1.54, 1.807) is 13.8 Å². The van der Waals surface area contributed by atoms with Gasteiger partial charge < -0.3 is 14.8 Å². The molecule has 72 valence electrons. The summed E-state index contributed by atoms with van der Waals surface area (Å²) in [4.78, 5) is 0. The number of nitrogens with two attached hydrogens (primary N) is 1. The van der Waals surface area contributed by atoms with Crippen molar-refractivity contribution in [1.82, 2.24) is 0 Å². The highest BCUT2D eigenvalue weighted by atomic mass is 31.2. The summed E-state index contributed by atoms with van der Waals surface area (Å²) >= 11 is 0. The Labute approximate surface area is 73.3 Å². The van der Waals surface area contributed by atoms with Gasteiger partial charge in [-0.1, -0.05) is 6.58 Å². The molecule has 0 rings (SSSR count). The van der Waals surface area contributed by atoms with E-state index in [1.165, 1.54) is 0 Å². The highest BCUT2D eigenvalue weighted by Gasteiger charge is 2.26. The maximum absolute atomic E-state index is 11.7. The number of hydrogen-bond donors (Lipinski definition) is 1. The van der Waals surface area contributed by atoms with E-state index in [2.05, 4.69) is 6.58 Å². The van der Waals surface area contributed by atoms with Crippen LogP contribution in [0.5, 0.6) is 0 Å². The highest BCUT2D eigenvalue weighted by molar-refractivity contribution is 7.58. The Hall–Kier alpha value is -0.150. The third kappa shape index (κ3) is 3.07. The summed E-state index contributed by atoms with van der Waals surface area (Å²) in [5.74, 6) is 0. The van der Waals surface area contributed by atoms with Crippen molar-refractivity contribution in [3.05, 3.63) is 11.9 Å². The summed E-state index contributed by atoms with van der Waals surface area (Å²) in [6, 6.07) is 0. The van der Waals surface area contributed by atoms with Crippen LogP contribution in [0.15, 0.2) is 11.9 Å². The van der Waals surface area contributed by atoms with Crippen LogP contribution >= 0.6 is 7.60 Å². The Morgan fingerprint density at radius 3 is 2.08 bits per heavy atom. The SMILES string of the molecule is C=C(CN)P(=O)(OCC)OCC. The molecule has 12 heavy (non-hydrogen) atoms. The average Bonchev–Trinajstić information content (AvgIpc) is 2.04. The van der Waals surface area contributed by atoms with Crippen LogP contribution < -0.4 is 5.73 Å². The number of rotatable bonds is 6. The van der Waals surface area contributed by atoms with E-state index in [4.69, 9.17) is 14.8 Å². The van der Waals surface area contributed by atoms with Gasteiger partial charge in [-0.3, -0.25) is 4.57 Å². The molecule has 0 spiro atoms. The lowest BCUT2D eigenvalue weighted by atomic mass is 10.7. The zero-order chi connectivity index (χ0) is 9.61. The summed E-state index contributed by atoms with van der Waals surface area (Å²) in [5, 5.41) is 0.325. The number of hydrogen-bond acceptors (Lipinski definition) is 4. The molecule has 4 nitrogen and oxygen atoms in total. The van der Waals surface area contributed by atoms with Crippen LogP contribution in [0, 0.1) is 0 Å². The Kier molecular flexibility index (Phi) is 5.42. The van der Waals surface area contributed by atoms with Crippen molar-refractivity contribution in [2.24, 2.45) is 5.73 Å². The van der Waals surface area contributed by atoms with E-state index in [0.717, 1.165) is 0 Å². The van der Waals surface area contributed by atoms with E-state index >= 15 is 0 Å². The Morgan fingerprint density at radius 2 is 1.83 bits per heavy atom. The molecule has 0 unspecified atom stereocenters. The van der Waals surface area contributed by atoms with E-state index in [1.807, 2.05) is 0 Å². The van der Waals surface area contributed by atoms with Crippen LogP contribution in [0.1, 0.15) is 13.8 Å². The van der Waals surface area contributed by atoms with Crippen molar-refractivity contribution >= 4 is 7.60 Å². The molecular formula is C7H16NO3P. The standard InChI is InChI=1S/C7H16NO3P/c1-4-10-12(9,11-5-2)7(3)6-8/h3-6,8H2,1-2H3. The molecule has 0 aliphatic carbocycles. The third-order valence-electron chi connectivity index (χ3n) is 1.22. The predicted octanol–water partition coefficient (Wildman–Crippen LogP) is 1.72. The van der Waals surface area contributed by atoms with Gasteiger partial charge in [0.15, 0.2) is 0 Å². The van der Waals surface area contributed by atoms with Crippen molar-refractivity contribution < 1.29 is 13.6 Å². The summed E-state index contributed by atoms with van der Waals surface area (Å²) in [6.07, 6.45) is 0. The zero-order valence-corrected chi connectivity index (χ0v) is 8.47. The largest absolute Gasteiger partial charge is 0.358 e. The van der Waals surface area contributed by atoms with Gasteiger partial charge in [-0.2, -0.15) is 0 Å². The minimum atomic E-state index is -3.13. The van der Waals surface area contributed by atoms with Crippen molar-refractivity contribution in [2.75, 3.05) is 19.8 Å². The van der Waals surface area contributed by atoms with Gasteiger partial charge in [-0.25, -0.2) is 0 Å². The van der Waals surface area contributed by atoms with Crippen LogP contribution in [-0.2, 0) is 13.6 Å². The van der Waals surface area contributed by atoms with Crippen LogP contribution in [0.4, 0.5) is 0 Å². The van der Waals surface area contributed by atoms with Gasteiger partial charge in [-0.05, 0) is 13.8 Å². The van der Waals surface area contributed by atoms with E-state index in [9.17, 15) is 4.57 Å². The molecule has 2 N–H and O–H groups in total. The molecule has 0 aromatic rings.